The maximum atomic E-state index is 12.7. The van der Waals surface area contributed by atoms with Crippen molar-refractivity contribution in [2.45, 2.75) is 30.4 Å². The minimum Gasteiger partial charge on any atom is -0.350 e. The van der Waals surface area contributed by atoms with E-state index in [9.17, 15) is 13.6 Å². The maximum Gasteiger partial charge on any atom is 0.270 e. The van der Waals surface area contributed by atoms with Crippen LogP contribution in [0.2, 0.25) is 0 Å². The Balaban J connectivity index is 1.83. The minimum atomic E-state index is -1.99. The highest BCUT2D eigenvalue weighted by Gasteiger charge is 2.32. The van der Waals surface area contributed by atoms with Crippen molar-refractivity contribution >= 4 is 17.5 Å². The van der Waals surface area contributed by atoms with Gasteiger partial charge in [-0.25, -0.2) is 8.78 Å². The first kappa shape index (κ1) is 12.3. The molecule has 2 nitrogen and oxygen atoms in total. The van der Waals surface area contributed by atoms with E-state index in [0.29, 0.717) is 5.92 Å². The van der Waals surface area contributed by atoms with Gasteiger partial charge in [0.1, 0.15) is 5.82 Å². The molecule has 5 heteroatoms. The Morgan fingerprint density at radius 1 is 1.35 bits per heavy atom. The van der Waals surface area contributed by atoms with Crippen LogP contribution in [0.4, 0.5) is 8.78 Å². The SMILES string of the molecule is O=C(NC1CC(c2ccc(F)cc2)C1)C(F)Cl. The number of hydrogen-bond donors (Lipinski definition) is 1. The molecule has 0 aliphatic heterocycles. The zero-order valence-electron chi connectivity index (χ0n) is 9.00. The summed E-state index contributed by atoms with van der Waals surface area (Å²) in [4.78, 5) is 11.0. The Bertz CT molecular complexity index is 401. The second kappa shape index (κ2) is 5.00. The number of carbonyl (C=O) groups excluding carboxylic acids is 1. The molecule has 0 aromatic heterocycles. The lowest BCUT2D eigenvalue weighted by Crippen LogP contribution is -2.45. The summed E-state index contributed by atoms with van der Waals surface area (Å²) in [5.41, 5.74) is -0.945. The summed E-state index contributed by atoms with van der Waals surface area (Å²) >= 11 is 5.00. The number of alkyl halides is 2. The average molecular weight is 260 g/mol. The molecule has 92 valence electrons. The molecule has 1 aliphatic rings. The van der Waals surface area contributed by atoms with Gasteiger partial charge < -0.3 is 5.32 Å². The lowest BCUT2D eigenvalue weighted by atomic mass is 9.76. The third-order valence-electron chi connectivity index (χ3n) is 3.02. The van der Waals surface area contributed by atoms with E-state index in [4.69, 9.17) is 11.6 Å². The molecule has 1 aromatic rings. The number of amides is 1. The van der Waals surface area contributed by atoms with Crippen molar-refractivity contribution in [3.8, 4) is 0 Å². The molecule has 1 amide bonds. The minimum absolute atomic E-state index is 0.0328. The lowest BCUT2D eigenvalue weighted by Gasteiger charge is -2.36. The summed E-state index contributed by atoms with van der Waals surface area (Å²) in [6.07, 6.45) is 1.47. The number of nitrogens with one attached hydrogen (secondary N) is 1. The van der Waals surface area contributed by atoms with Crippen molar-refractivity contribution in [2.75, 3.05) is 0 Å². The lowest BCUT2D eigenvalue weighted by molar-refractivity contribution is -0.124. The van der Waals surface area contributed by atoms with Crippen molar-refractivity contribution in [1.29, 1.82) is 0 Å². The highest BCUT2D eigenvalue weighted by molar-refractivity contribution is 6.29. The third kappa shape index (κ3) is 2.94. The molecule has 2 rings (SSSR count). The van der Waals surface area contributed by atoms with E-state index < -0.39 is 11.5 Å². The number of hydrogen-bond acceptors (Lipinski definition) is 1. The zero-order chi connectivity index (χ0) is 12.4. The van der Waals surface area contributed by atoms with E-state index in [0.717, 1.165) is 18.4 Å². The van der Waals surface area contributed by atoms with Crippen LogP contribution in [0.1, 0.15) is 24.3 Å². The van der Waals surface area contributed by atoms with Gasteiger partial charge in [0.05, 0.1) is 0 Å². The molecule has 1 atom stereocenters. The van der Waals surface area contributed by atoms with Crippen LogP contribution in [0, 0.1) is 5.82 Å². The molecule has 0 radical (unpaired) electrons. The fourth-order valence-electron chi connectivity index (χ4n) is 2.01. The first-order chi connectivity index (χ1) is 8.06. The topological polar surface area (TPSA) is 29.1 Å². The van der Waals surface area contributed by atoms with E-state index >= 15 is 0 Å². The van der Waals surface area contributed by atoms with Crippen LogP contribution >= 0.6 is 11.6 Å². The summed E-state index contributed by atoms with van der Waals surface area (Å²) in [5, 5.41) is 2.51. The normalized spacial score (nSPS) is 24.9. The monoisotopic (exact) mass is 259 g/mol. The molecule has 17 heavy (non-hydrogen) atoms. The summed E-state index contributed by atoms with van der Waals surface area (Å²) in [7, 11) is 0. The van der Waals surface area contributed by atoms with Crippen LogP contribution in [0.15, 0.2) is 24.3 Å². The van der Waals surface area contributed by atoms with Gasteiger partial charge in [0.2, 0.25) is 0 Å². The molecule has 1 fully saturated rings. The van der Waals surface area contributed by atoms with E-state index in [1.54, 1.807) is 12.1 Å². The Hall–Kier alpha value is -1.16. The third-order valence-corrected chi connectivity index (χ3v) is 3.22. The van der Waals surface area contributed by atoms with Gasteiger partial charge in [-0.1, -0.05) is 23.7 Å². The van der Waals surface area contributed by atoms with Crippen molar-refractivity contribution < 1.29 is 13.6 Å². The number of carbonyl (C=O) groups is 1. The predicted octanol–water partition coefficient (Wildman–Crippen LogP) is 2.72. The van der Waals surface area contributed by atoms with Crippen LogP contribution in [-0.4, -0.2) is 17.6 Å². The smallest absolute Gasteiger partial charge is 0.270 e. The second-order valence-electron chi connectivity index (χ2n) is 4.23. The van der Waals surface area contributed by atoms with Crippen LogP contribution in [0.5, 0.6) is 0 Å². The van der Waals surface area contributed by atoms with Crippen LogP contribution < -0.4 is 5.32 Å². The first-order valence-corrected chi connectivity index (χ1v) is 5.84. The van der Waals surface area contributed by atoms with E-state index in [1.165, 1.54) is 12.1 Å². The van der Waals surface area contributed by atoms with Crippen molar-refractivity contribution in [1.82, 2.24) is 5.32 Å². The van der Waals surface area contributed by atoms with Gasteiger partial charge in [-0.3, -0.25) is 4.79 Å². The summed E-state index contributed by atoms with van der Waals surface area (Å²) in [6.45, 7) is 0. The maximum absolute atomic E-state index is 12.7. The van der Waals surface area contributed by atoms with Crippen molar-refractivity contribution in [3.63, 3.8) is 0 Å². The van der Waals surface area contributed by atoms with Gasteiger partial charge in [-0.05, 0) is 36.5 Å². The summed E-state index contributed by atoms with van der Waals surface area (Å²) in [5.74, 6) is -0.746. The van der Waals surface area contributed by atoms with Gasteiger partial charge in [0.25, 0.3) is 11.5 Å². The molecule has 1 unspecified atom stereocenters. The fraction of sp³-hybridized carbons (Fsp3) is 0.417. The number of halogens is 3. The Labute approximate surface area is 103 Å². The standard InChI is InChI=1S/C12H12ClF2NO/c13-11(15)12(17)16-10-5-8(6-10)7-1-3-9(14)4-2-7/h1-4,8,10-11H,5-6H2,(H,16,17). The Morgan fingerprint density at radius 2 is 1.94 bits per heavy atom. The fourth-order valence-corrected chi connectivity index (χ4v) is 2.07. The van der Waals surface area contributed by atoms with E-state index in [1.807, 2.05) is 0 Å². The van der Waals surface area contributed by atoms with Gasteiger partial charge in [-0.2, -0.15) is 0 Å². The average Bonchev–Trinajstić information content (AvgIpc) is 2.24. The number of benzene rings is 1. The summed E-state index contributed by atoms with van der Waals surface area (Å²) in [6, 6.07) is 6.26. The van der Waals surface area contributed by atoms with Gasteiger partial charge >= 0.3 is 0 Å². The number of rotatable bonds is 3. The van der Waals surface area contributed by atoms with Gasteiger partial charge in [0, 0.05) is 6.04 Å². The zero-order valence-corrected chi connectivity index (χ0v) is 9.75. The molecular formula is C12H12ClF2NO. The molecule has 1 N–H and O–H groups in total. The van der Waals surface area contributed by atoms with Crippen LogP contribution in [-0.2, 0) is 4.79 Å². The van der Waals surface area contributed by atoms with E-state index in [-0.39, 0.29) is 11.9 Å². The molecule has 1 aliphatic carbocycles. The first-order valence-electron chi connectivity index (χ1n) is 5.40. The van der Waals surface area contributed by atoms with Gasteiger partial charge in [-0.15, -0.1) is 0 Å². The quantitative estimate of drug-likeness (QED) is 0.831. The Kier molecular flexibility index (Phi) is 3.62. The largest absolute Gasteiger partial charge is 0.350 e. The molecular weight excluding hydrogens is 248 g/mol. The molecule has 0 bridgehead atoms. The predicted molar refractivity (Wildman–Crippen MR) is 61.1 cm³/mol. The highest BCUT2D eigenvalue weighted by atomic mass is 35.5. The molecule has 1 aromatic carbocycles. The second-order valence-corrected chi connectivity index (χ2v) is 4.61. The summed E-state index contributed by atoms with van der Waals surface area (Å²) < 4.78 is 25.1. The molecule has 0 spiro atoms. The molecule has 0 heterocycles. The molecule has 0 saturated heterocycles. The Morgan fingerprint density at radius 3 is 2.47 bits per heavy atom. The van der Waals surface area contributed by atoms with E-state index in [2.05, 4.69) is 5.32 Å². The van der Waals surface area contributed by atoms with Crippen LogP contribution in [0.25, 0.3) is 0 Å². The molecule has 1 saturated carbocycles. The highest BCUT2D eigenvalue weighted by Crippen LogP contribution is 2.36. The van der Waals surface area contributed by atoms with Crippen LogP contribution in [0.3, 0.4) is 0 Å². The van der Waals surface area contributed by atoms with Crippen molar-refractivity contribution in [2.24, 2.45) is 0 Å². The van der Waals surface area contributed by atoms with Crippen molar-refractivity contribution in [3.05, 3.63) is 35.6 Å². The van der Waals surface area contributed by atoms with Gasteiger partial charge in [0.15, 0.2) is 0 Å².